The highest BCUT2D eigenvalue weighted by Gasteiger charge is 2.21. The molecule has 2 aromatic heterocycles. The average molecular weight is 217 g/mol. The van der Waals surface area contributed by atoms with Crippen molar-refractivity contribution in [3.8, 4) is 0 Å². The molecular weight excluding hydrogens is 202 g/mol. The summed E-state index contributed by atoms with van der Waals surface area (Å²) in [5, 5.41) is 4.48. The summed E-state index contributed by atoms with van der Waals surface area (Å²) in [4.78, 5) is 6.52. The van der Waals surface area contributed by atoms with E-state index in [1.54, 1.807) is 12.5 Å². The topological polar surface area (TPSA) is 41.3 Å². The highest BCUT2D eigenvalue weighted by atomic mass is 16.3. The van der Waals surface area contributed by atoms with Gasteiger partial charge in [-0.15, -0.1) is 0 Å². The fourth-order valence-electron chi connectivity index (χ4n) is 2.34. The van der Waals surface area contributed by atoms with E-state index in [-0.39, 0.29) is 0 Å². The number of pyridine rings is 1. The molecule has 1 aliphatic heterocycles. The van der Waals surface area contributed by atoms with Gasteiger partial charge in [0, 0.05) is 25.8 Å². The minimum absolute atomic E-state index is 0.570. The van der Waals surface area contributed by atoms with Crippen LogP contribution in [-0.2, 0) is 0 Å². The van der Waals surface area contributed by atoms with Gasteiger partial charge in [-0.05, 0) is 25.1 Å². The van der Waals surface area contributed by atoms with E-state index in [0.29, 0.717) is 6.04 Å². The van der Waals surface area contributed by atoms with Crippen LogP contribution in [0.4, 0.5) is 5.69 Å². The molecule has 0 spiro atoms. The molecule has 1 unspecified atom stereocenters. The summed E-state index contributed by atoms with van der Waals surface area (Å²) in [5.41, 5.74) is 1.92. The molecule has 1 N–H and O–H groups in total. The van der Waals surface area contributed by atoms with Gasteiger partial charge in [-0.2, -0.15) is 0 Å². The van der Waals surface area contributed by atoms with Gasteiger partial charge in [0.1, 0.15) is 0 Å². The number of anilines is 1. The van der Waals surface area contributed by atoms with Crippen LogP contribution in [0.2, 0.25) is 0 Å². The Kier molecular flexibility index (Phi) is 2.29. The van der Waals surface area contributed by atoms with E-state index in [2.05, 4.69) is 28.3 Å². The Balaban J connectivity index is 2.00. The van der Waals surface area contributed by atoms with Crippen LogP contribution in [0.15, 0.2) is 29.0 Å². The summed E-state index contributed by atoms with van der Waals surface area (Å²) in [5.74, 6) is 0. The molecule has 4 nitrogen and oxygen atoms in total. The van der Waals surface area contributed by atoms with Gasteiger partial charge in [-0.25, -0.2) is 4.98 Å². The monoisotopic (exact) mass is 217 g/mol. The molecule has 1 aliphatic rings. The quantitative estimate of drug-likeness (QED) is 0.830. The van der Waals surface area contributed by atoms with Crippen LogP contribution < -0.4 is 10.2 Å². The molecule has 84 valence electrons. The van der Waals surface area contributed by atoms with Crippen LogP contribution in [0.3, 0.4) is 0 Å². The molecule has 1 saturated heterocycles. The Morgan fingerprint density at radius 3 is 3.25 bits per heavy atom. The van der Waals surface area contributed by atoms with Gasteiger partial charge in [-0.1, -0.05) is 0 Å². The number of furan rings is 1. The molecule has 0 amide bonds. The second-order valence-electron chi connectivity index (χ2n) is 4.23. The van der Waals surface area contributed by atoms with Gasteiger partial charge >= 0.3 is 0 Å². The first-order chi connectivity index (χ1) is 7.86. The third kappa shape index (κ3) is 1.46. The first-order valence-electron chi connectivity index (χ1n) is 5.62. The number of hydrogen-bond acceptors (Lipinski definition) is 4. The molecule has 3 rings (SSSR count). The molecule has 0 aromatic carbocycles. The van der Waals surface area contributed by atoms with Crippen LogP contribution in [0, 0.1) is 0 Å². The molecular formula is C12H15N3O. The van der Waals surface area contributed by atoms with Crippen LogP contribution in [-0.4, -0.2) is 31.2 Å². The van der Waals surface area contributed by atoms with Gasteiger partial charge in [0.05, 0.1) is 17.3 Å². The minimum atomic E-state index is 0.570. The Bertz CT molecular complexity index is 488. The van der Waals surface area contributed by atoms with Crippen molar-refractivity contribution in [3.63, 3.8) is 0 Å². The first-order valence-corrected chi connectivity index (χ1v) is 5.62. The largest absolute Gasteiger partial charge is 0.446 e. The van der Waals surface area contributed by atoms with Gasteiger partial charge in [0.15, 0.2) is 0 Å². The predicted octanol–water partition coefficient (Wildman–Crippen LogP) is 1.63. The van der Waals surface area contributed by atoms with Gasteiger partial charge in [0.25, 0.3) is 0 Å². The third-order valence-electron chi connectivity index (χ3n) is 3.31. The number of fused-ring (bicyclic) bond motifs is 1. The van der Waals surface area contributed by atoms with Crippen LogP contribution in [0.25, 0.3) is 11.1 Å². The minimum Gasteiger partial charge on any atom is -0.446 e. The summed E-state index contributed by atoms with van der Waals surface area (Å²) in [6, 6.07) is 4.60. The van der Waals surface area contributed by atoms with Crippen molar-refractivity contribution < 1.29 is 4.42 Å². The highest BCUT2D eigenvalue weighted by molar-refractivity contribution is 5.88. The molecule has 0 saturated carbocycles. The molecule has 16 heavy (non-hydrogen) atoms. The third-order valence-corrected chi connectivity index (χ3v) is 3.31. The second-order valence-corrected chi connectivity index (χ2v) is 4.23. The first kappa shape index (κ1) is 9.66. The van der Waals surface area contributed by atoms with Crippen molar-refractivity contribution in [2.45, 2.75) is 12.5 Å². The van der Waals surface area contributed by atoms with Crippen molar-refractivity contribution in [2.24, 2.45) is 0 Å². The van der Waals surface area contributed by atoms with E-state index in [9.17, 15) is 0 Å². The van der Waals surface area contributed by atoms with Crippen LogP contribution in [0.5, 0.6) is 0 Å². The lowest BCUT2D eigenvalue weighted by Crippen LogP contribution is -2.33. The van der Waals surface area contributed by atoms with E-state index in [0.717, 1.165) is 24.2 Å². The number of nitrogens with zero attached hydrogens (tertiary/aromatic N) is 2. The number of nitrogens with one attached hydrogen (secondary N) is 1. The van der Waals surface area contributed by atoms with Crippen LogP contribution in [0.1, 0.15) is 6.42 Å². The van der Waals surface area contributed by atoms with Crippen molar-refractivity contribution in [1.29, 1.82) is 0 Å². The SMILES string of the molecule is CN(c1ccnc2occc12)C1CCNC1. The lowest BCUT2D eigenvalue weighted by Gasteiger charge is -2.26. The number of likely N-dealkylation sites (N-methyl/N-ethyl adjacent to an activating group) is 1. The van der Waals surface area contributed by atoms with E-state index < -0.39 is 0 Å². The maximum atomic E-state index is 5.32. The Labute approximate surface area is 94.3 Å². The zero-order chi connectivity index (χ0) is 11.0. The summed E-state index contributed by atoms with van der Waals surface area (Å²) in [6.45, 7) is 2.16. The summed E-state index contributed by atoms with van der Waals surface area (Å²) in [6.07, 6.45) is 4.69. The maximum absolute atomic E-state index is 5.32. The summed E-state index contributed by atoms with van der Waals surface area (Å²) < 4.78 is 5.32. The van der Waals surface area contributed by atoms with Crippen molar-refractivity contribution in [2.75, 3.05) is 25.0 Å². The number of hydrogen-bond donors (Lipinski definition) is 1. The van der Waals surface area contributed by atoms with Gasteiger partial charge in [0.2, 0.25) is 5.71 Å². The van der Waals surface area contributed by atoms with Gasteiger partial charge < -0.3 is 14.6 Å². The molecule has 2 aromatic rings. The molecule has 0 aliphatic carbocycles. The van der Waals surface area contributed by atoms with Crippen molar-refractivity contribution in [1.82, 2.24) is 10.3 Å². The zero-order valence-corrected chi connectivity index (χ0v) is 9.31. The predicted molar refractivity (Wildman–Crippen MR) is 63.7 cm³/mol. The van der Waals surface area contributed by atoms with Crippen molar-refractivity contribution >= 4 is 16.8 Å². The highest BCUT2D eigenvalue weighted by Crippen LogP contribution is 2.27. The normalized spacial score (nSPS) is 20.4. The average Bonchev–Trinajstić information content (AvgIpc) is 2.98. The van der Waals surface area contributed by atoms with E-state index in [1.165, 1.54) is 12.1 Å². The molecule has 4 heteroatoms. The van der Waals surface area contributed by atoms with Crippen molar-refractivity contribution in [3.05, 3.63) is 24.6 Å². The second kappa shape index (κ2) is 3.79. The number of rotatable bonds is 2. The number of aromatic nitrogens is 1. The van der Waals surface area contributed by atoms with E-state index in [4.69, 9.17) is 4.42 Å². The fraction of sp³-hybridized carbons (Fsp3) is 0.417. The maximum Gasteiger partial charge on any atom is 0.227 e. The van der Waals surface area contributed by atoms with Crippen LogP contribution >= 0.6 is 0 Å². The molecule has 1 fully saturated rings. The lowest BCUT2D eigenvalue weighted by atomic mass is 10.2. The Hall–Kier alpha value is -1.55. The Morgan fingerprint density at radius 2 is 2.44 bits per heavy atom. The molecule has 0 radical (unpaired) electrons. The molecule has 3 heterocycles. The van der Waals surface area contributed by atoms with Gasteiger partial charge in [-0.3, -0.25) is 0 Å². The standard InChI is InChI=1S/C12H15N3O/c1-15(9-2-5-13-8-9)11-3-6-14-12-10(11)4-7-16-12/h3-4,6-7,9,13H,2,5,8H2,1H3. The van der Waals surface area contributed by atoms with E-state index >= 15 is 0 Å². The summed E-state index contributed by atoms with van der Waals surface area (Å²) in [7, 11) is 2.14. The molecule has 0 bridgehead atoms. The smallest absolute Gasteiger partial charge is 0.227 e. The fourth-order valence-corrected chi connectivity index (χ4v) is 2.34. The Morgan fingerprint density at radius 1 is 1.50 bits per heavy atom. The lowest BCUT2D eigenvalue weighted by molar-refractivity contribution is 0.603. The van der Waals surface area contributed by atoms with E-state index in [1.807, 2.05) is 6.07 Å². The zero-order valence-electron chi connectivity index (χ0n) is 9.31. The molecule has 1 atom stereocenters. The summed E-state index contributed by atoms with van der Waals surface area (Å²) >= 11 is 0.